The molecule has 0 aliphatic carbocycles. The summed E-state index contributed by atoms with van der Waals surface area (Å²) in [4.78, 5) is 53.2. The molecule has 0 atom stereocenters. The summed E-state index contributed by atoms with van der Waals surface area (Å²) >= 11 is 0. The normalized spacial score (nSPS) is 11.5. The number of hydrogen-bond donors (Lipinski definition) is 5. The zero-order valence-electron chi connectivity index (χ0n) is 32.5. The van der Waals surface area contributed by atoms with Crippen molar-refractivity contribution in [3.05, 3.63) is 48.5 Å². The molecule has 5 N–H and O–H groups in total. The molecule has 13 heteroatoms. The van der Waals surface area contributed by atoms with Crippen molar-refractivity contribution >= 4 is 52.9 Å². The molecule has 0 aliphatic heterocycles. The number of guanidine groups is 1. The van der Waals surface area contributed by atoms with E-state index in [1.165, 1.54) is 0 Å². The molecule has 0 spiro atoms. The van der Waals surface area contributed by atoms with Crippen molar-refractivity contribution in [1.29, 1.82) is 0 Å². The molecule has 288 valence electrons. The molecule has 0 aromatic heterocycles. The van der Waals surface area contributed by atoms with Crippen LogP contribution in [0.2, 0.25) is 0 Å². The van der Waals surface area contributed by atoms with E-state index in [1.807, 2.05) is 45.0 Å². The lowest BCUT2D eigenvalue weighted by Crippen LogP contribution is -2.47. The second-order valence-electron chi connectivity index (χ2n) is 15.5. The Labute approximate surface area is 309 Å². The van der Waals surface area contributed by atoms with Crippen molar-refractivity contribution in [3.63, 3.8) is 0 Å². The Morgan fingerprint density at radius 3 is 1.42 bits per heavy atom. The Morgan fingerprint density at radius 1 is 0.538 bits per heavy atom. The maximum atomic E-state index is 12.5. The summed E-state index contributed by atoms with van der Waals surface area (Å²) in [5.41, 5.74) is 0.839. The molecule has 0 aliphatic rings. The van der Waals surface area contributed by atoms with Crippen molar-refractivity contribution in [2.45, 2.75) is 137 Å². The number of unbranched alkanes of at least 4 members (excludes halogenated alkanes) is 7. The number of aliphatic imine (C=N–C) groups is 1. The minimum Gasteiger partial charge on any atom is -0.444 e. The third-order valence-corrected chi connectivity index (χ3v) is 6.80. The lowest BCUT2D eigenvalue weighted by atomic mass is 10.1. The topological polar surface area (TPSA) is 168 Å². The van der Waals surface area contributed by atoms with Gasteiger partial charge in [0.15, 0.2) is 0 Å². The Balaban J connectivity index is 1.74. The molecule has 0 unspecified atom stereocenters. The SMILES string of the molecule is CC(C)(C)OC(=O)NCCCCCCCCCCC(=O)Nc1ccc(Nc2ccc(N=C(NC(=O)OC(C)(C)C)NC(=O)OC(C)(C)C)cc2)cc1. The van der Waals surface area contributed by atoms with Gasteiger partial charge in [-0.3, -0.25) is 15.4 Å². The largest absolute Gasteiger partial charge is 0.444 e. The van der Waals surface area contributed by atoms with Crippen LogP contribution in [0.15, 0.2) is 53.5 Å². The number of benzene rings is 2. The number of hydrogen-bond acceptors (Lipinski definition) is 9. The summed E-state index contributed by atoms with van der Waals surface area (Å²) in [5, 5.41) is 14.0. The third kappa shape index (κ3) is 21.4. The fourth-order valence-electron chi connectivity index (χ4n) is 4.64. The fraction of sp³-hybridized carbons (Fsp3) is 0.564. The fourth-order valence-corrected chi connectivity index (χ4v) is 4.64. The number of nitrogens with one attached hydrogen (secondary N) is 5. The Morgan fingerprint density at radius 2 is 0.942 bits per heavy atom. The zero-order valence-corrected chi connectivity index (χ0v) is 32.5. The molecule has 2 rings (SSSR count). The van der Waals surface area contributed by atoms with Crippen molar-refractivity contribution in [2.75, 3.05) is 17.2 Å². The minimum atomic E-state index is -0.776. The van der Waals surface area contributed by atoms with Gasteiger partial charge in [0, 0.05) is 30.0 Å². The standard InChI is InChI=1S/C39H60N6O7/c1-37(2,3)50-34(47)40-27-17-15-13-11-10-12-14-16-18-32(46)42-30-23-19-28(20-24-30)41-29-21-25-31(26-22-29)43-33(44-35(48)51-38(4,5)6)45-36(49)52-39(7,8)9/h19-26,41H,10-18,27H2,1-9H3,(H,40,47)(H,42,46)(H2,43,44,45,48,49). The van der Waals surface area contributed by atoms with E-state index in [0.29, 0.717) is 18.7 Å². The quantitative estimate of drug-likeness (QED) is 0.0524. The van der Waals surface area contributed by atoms with Gasteiger partial charge < -0.3 is 30.2 Å². The minimum absolute atomic E-state index is 0.00368. The van der Waals surface area contributed by atoms with Gasteiger partial charge in [0.05, 0.1) is 5.69 Å². The Bertz CT molecular complexity index is 1420. The first kappa shape index (κ1) is 43.4. The van der Waals surface area contributed by atoms with Gasteiger partial charge in [0.25, 0.3) is 0 Å². The number of amides is 4. The van der Waals surface area contributed by atoms with E-state index in [1.54, 1.807) is 65.8 Å². The van der Waals surface area contributed by atoms with Gasteiger partial charge in [0.2, 0.25) is 11.9 Å². The van der Waals surface area contributed by atoms with E-state index in [0.717, 1.165) is 68.4 Å². The maximum absolute atomic E-state index is 12.5. The van der Waals surface area contributed by atoms with Gasteiger partial charge in [-0.2, -0.15) is 0 Å². The van der Waals surface area contributed by atoms with Gasteiger partial charge in [0.1, 0.15) is 16.8 Å². The number of carbonyl (C=O) groups is 4. The predicted octanol–water partition coefficient (Wildman–Crippen LogP) is 9.44. The van der Waals surface area contributed by atoms with Gasteiger partial charge in [-0.25, -0.2) is 19.4 Å². The van der Waals surface area contributed by atoms with Crippen LogP contribution < -0.4 is 26.6 Å². The zero-order chi connectivity index (χ0) is 38.8. The van der Waals surface area contributed by atoms with E-state index >= 15 is 0 Å². The van der Waals surface area contributed by atoms with Crippen LogP contribution in [0.1, 0.15) is 120 Å². The number of rotatable bonds is 15. The average Bonchev–Trinajstić information content (AvgIpc) is 2.99. The Hall–Kier alpha value is -4.81. The van der Waals surface area contributed by atoms with Crippen LogP contribution in [0.5, 0.6) is 0 Å². The van der Waals surface area contributed by atoms with Crippen LogP contribution >= 0.6 is 0 Å². The molecule has 0 radical (unpaired) electrons. The first-order valence-corrected chi connectivity index (χ1v) is 18.1. The predicted molar refractivity (Wildman–Crippen MR) is 206 cm³/mol. The van der Waals surface area contributed by atoms with Crippen molar-refractivity contribution in [2.24, 2.45) is 4.99 Å². The summed E-state index contributed by atoms with van der Waals surface area (Å²) in [7, 11) is 0. The number of carbonyl (C=O) groups excluding carboxylic acids is 4. The highest BCUT2D eigenvalue weighted by Gasteiger charge is 2.21. The van der Waals surface area contributed by atoms with Crippen molar-refractivity contribution in [1.82, 2.24) is 16.0 Å². The highest BCUT2D eigenvalue weighted by atomic mass is 16.6. The van der Waals surface area contributed by atoms with E-state index < -0.39 is 29.0 Å². The number of nitrogens with zero attached hydrogens (tertiary/aromatic N) is 1. The molecule has 0 saturated carbocycles. The lowest BCUT2D eigenvalue weighted by Gasteiger charge is -2.22. The van der Waals surface area contributed by atoms with Crippen LogP contribution in [-0.2, 0) is 19.0 Å². The van der Waals surface area contributed by atoms with Gasteiger partial charge in [-0.1, -0.05) is 38.5 Å². The summed E-state index contributed by atoms with van der Waals surface area (Å²) < 4.78 is 15.8. The summed E-state index contributed by atoms with van der Waals surface area (Å²) in [6.45, 7) is 16.6. The summed E-state index contributed by atoms with van der Waals surface area (Å²) in [6.07, 6.45) is 6.97. The van der Waals surface area contributed by atoms with Gasteiger partial charge >= 0.3 is 18.3 Å². The molecule has 0 fully saturated rings. The van der Waals surface area contributed by atoms with Gasteiger partial charge in [-0.15, -0.1) is 0 Å². The molecule has 0 bridgehead atoms. The molecule has 0 saturated heterocycles. The molecule has 52 heavy (non-hydrogen) atoms. The van der Waals surface area contributed by atoms with Crippen LogP contribution in [0, 0.1) is 0 Å². The van der Waals surface area contributed by atoms with Gasteiger partial charge in [-0.05, 0) is 124 Å². The van der Waals surface area contributed by atoms with Crippen LogP contribution in [0.25, 0.3) is 0 Å². The first-order chi connectivity index (χ1) is 24.3. The lowest BCUT2D eigenvalue weighted by molar-refractivity contribution is -0.116. The van der Waals surface area contributed by atoms with E-state index in [2.05, 4.69) is 31.6 Å². The molecule has 2 aromatic carbocycles. The molecule has 13 nitrogen and oxygen atoms in total. The second-order valence-corrected chi connectivity index (χ2v) is 15.5. The van der Waals surface area contributed by atoms with E-state index in [4.69, 9.17) is 14.2 Å². The van der Waals surface area contributed by atoms with Crippen molar-refractivity contribution in [3.8, 4) is 0 Å². The average molecular weight is 725 g/mol. The number of ether oxygens (including phenoxy) is 3. The maximum Gasteiger partial charge on any atom is 0.414 e. The van der Waals surface area contributed by atoms with E-state index in [-0.39, 0.29) is 18.0 Å². The summed E-state index contributed by atoms with van der Waals surface area (Å²) in [6, 6.07) is 14.5. The van der Waals surface area contributed by atoms with Crippen LogP contribution in [0.4, 0.5) is 37.1 Å². The second kappa shape index (κ2) is 20.9. The molecule has 0 heterocycles. The number of alkyl carbamates (subject to hydrolysis) is 3. The monoisotopic (exact) mass is 724 g/mol. The smallest absolute Gasteiger partial charge is 0.414 e. The highest BCUT2D eigenvalue weighted by Crippen LogP contribution is 2.22. The molecule has 2 aromatic rings. The first-order valence-electron chi connectivity index (χ1n) is 18.1. The third-order valence-electron chi connectivity index (χ3n) is 6.80. The Kier molecular flexibility index (Phi) is 17.4. The number of anilines is 3. The molecular formula is C39H60N6O7. The van der Waals surface area contributed by atoms with E-state index in [9.17, 15) is 19.2 Å². The van der Waals surface area contributed by atoms with Crippen molar-refractivity contribution < 1.29 is 33.4 Å². The van der Waals surface area contributed by atoms with Crippen LogP contribution in [0.3, 0.4) is 0 Å². The van der Waals surface area contributed by atoms with Crippen LogP contribution in [-0.4, -0.2) is 53.5 Å². The summed E-state index contributed by atoms with van der Waals surface area (Å²) in [5.74, 6) is -0.146. The molecular weight excluding hydrogens is 664 g/mol. The molecule has 4 amide bonds. The highest BCUT2D eigenvalue weighted by molar-refractivity contribution is 6.02.